The summed E-state index contributed by atoms with van der Waals surface area (Å²) < 4.78 is 5.57. The molecule has 0 bridgehead atoms. The largest absolute Gasteiger partial charge is 0.422 e. The Hall–Kier alpha value is -4.05. The van der Waals surface area contributed by atoms with Crippen LogP contribution in [0.25, 0.3) is 54.9 Å². The van der Waals surface area contributed by atoms with Crippen molar-refractivity contribution in [3.63, 3.8) is 0 Å². The molecule has 4 heteroatoms. The molecule has 0 unspecified atom stereocenters. The van der Waals surface area contributed by atoms with Gasteiger partial charge in [0.25, 0.3) is 0 Å². The minimum atomic E-state index is -0.411. The molecule has 0 saturated carbocycles. The molecule has 0 fully saturated rings. The number of fused-ring (bicyclic) bond motifs is 5. The van der Waals surface area contributed by atoms with Gasteiger partial charge >= 0.3 is 5.63 Å². The summed E-state index contributed by atoms with van der Waals surface area (Å²) in [7, 11) is 0. The van der Waals surface area contributed by atoms with E-state index in [1.807, 2.05) is 72.8 Å². The highest BCUT2D eigenvalue weighted by Gasteiger charge is 2.16. The molecular formula is C25H13N2O2. The molecule has 2 aromatic heterocycles. The van der Waals surface area contributed by atoms with E-state index in [1.165, 1.54) is 0 Å². The molecule has 6 rings (SSSR count). The first-order chi connectivity index (χ1) is 14.3. The van der Waals surface area contributed by atoms with Crippen LogP contribution in [0.5, 0.6) is 0 Å². The van der Waals surface area contributed by atoms with Crippen molar-refractivity contribution in [3.8, 4) is 11.1 Å². The molecule has 4 aromatic carbocycles. The van der Waals surface area contributed by atoms with E-state index >= 15 is 0 Å². The summed E-state index contributed by atoms with van der Waals surface area (Å²) in [5.74, 6) is 0. The topological polar surface area (TPSA) is 56.0 Å². The summed E-state index contributed by atoms with van der Waals surface area (Å²) in [6.45, 7) is 0. The number of benzene rings is 4. The fraction of sp³-hybridized carbons (Fsp3) is 0. The van der Waals surface area contributed by atoms with Crippen molar-refractivity contribution in [2.45, 2.75) is 0 Å². The van der Waals surface area contributed by atoms with E-state index in [1.54, 1.807) is 6.07 Å². The maximum atomic E-state index is 12.8. The van der Waals surface area contributed by atoms with Gasteiger partial charge in [0.2, 0.25) is 0 Å². The zero-order valence-electron chi connectivity index (χ0n) is 15.2. The standard InChI is InChI=1S/C25H13N2O2/c28-25-19(14-16-8-2-6-12-22(16)29-25)18-13-15-7-1-3-9-17(15)23-24(18)27-21-11-5-4-10-20(21)26-23/h1-12,14H. The highest BCUT2D eigenvalue weighted by Crippen LogP contribution is 2.33. The van der Waals surface area contributed by atoms with Gasteiger partial charge in [-0.2, -0.15) is 0 Å². The van der Waals surface area contributed by atoms with Crippen LogP contribution in [0.15, 0.2) is 88.1 Å². The third kappa shape index (κ3) is 2.43. The number of para-hydroxylation sites is 3. The second kappa shape index (κ2) is 5.97. The number of nitrogens with zero attached hydrogens (tertiary/aromatic N) is 2. The lowest BCUT2D eigenvalue weighted by Crippen LogP contribution is -2.04. The van der Waals surface area contributed by atoms with Crippen LogP contribution in [-0.2, 0) is 0 Å². The predicted octanol–water partition coefficient (Wildman–Crippen LogP) is 5.51. The quantitative estimate of drug-likeness (QED) is 0.217. The molecule has 0 spiro atoms. The van der Waals surface area contributed by atoms with E-state index in [0.29, 0.717) is 22.2 Å². The molecule has 29 heavy (non-hydrogen) atoms. The van der Waals surface area contributed by atoms with E-state index in [0.717, 1.165) is 32.7 Å². The summed E-state index contributed by atoms with van der Waals surface area (Å²) in [4.78, 5) is 22.6. The van der Waals surface area contributed by atoms with Crippen molar-refractivity contribution in [1.82, 2.24) is 9.97 Å². The van der Waals surface area contributed by atoms with Crippen LogP contribution in [0.3, 0.4) is 0 Å². The zero-order valence-corrected chi connectivity index (χ0v) is 15.2. The molecule has 6 aromatic rings. The lowest BCUT2D eigenvalue weighted by atomic mass is 9.98. The monoisotopic (exact) mass is 373 g/mol. The van der Waals surface area contributed by atoms with E-state index in [4.69, 9.17) is 14.4 Å². The van der Waals surface area contributed by atoms with E-state index < -0.39 is 5.63 Å². The lowest BCUT2D eigenvalue weighted by Gasteiger charge is -2.10. The van der Waals surface area contributed by atoms with Crippen molar-refractivity contribution in [2.24, 2.45) is 0 Å². The summed E-state index contributed by atoms with van der Waals surface area (Å²) in [5.41, 5.74) is 4.17. The number of aromatic nitrogens is 2. The molecule has 0 aliphatic carbocycles. The summed E-state index contributed by atoms with van der Waals surface area (Å²) in [6.07, 6.45) is 0. The van der Waals surface area contributed by atoms with Crippen LogP contribution in [0.2, 0.25) is 0 Å². The van der Waals surface area contributed by atoms with Crippen LogP contribution < -0.4 is 5.63 Å². The smallest absolute Gasteiger partial charge is 0.344 e. The fourth-order valence-corrected chi connectivity index (χ4v) is 3.79. The fourth-order valence-electron chi connectivity index (χ4n) is 3.79. The number of rotatable bonds is 1. The minimum absolute atomic E-state index is 0.411. The third-order valence-electron chi connectivity index (χ3n) is 5.16. The minimum Gasteiger partial charge on any atom is -0.422 e. The molecular weight excluding hydrogens is 360 g/mol. The molecule has 0 N–H and O–H groups in total. The average Bonchev–Trinajstić information content (AvgIpc) is 2.77. The van der Waals surface area contributed by atoms with Crippen molar-refractivity contribution < 1.29 is 4.42 Å². The van der Waals surface area contributed by atoms with Gasteiger partial charge in [0.15, 0.2) is 0 Å². The van der Waals surface area contributed by atoms with Gasteiger partial charge in [-0.1, -0.05) is 54.6 Å². The second-order valence-corrected chi connectivity index (χ2v) is 6.94. The maximum absolute atomic E-state index is 12.8. The Kier molecular flexibility index (Phi) is 3.29. The van der Waals surface area contributed by atoms with Crippen LogP contribution in [-0.4, -0.2) is 9.97 Å². The molecule has 0 saturated heterocycles. The summed E-state index contributed by atoms with van der Waals surface area (Å²) in [5, 5.41) is 2.69. The number of hydrogen-bond acceptors (Lipinski definition) is 4. The van der Waals surface area contributed by atoms with E-state index in [2.05, 4.69) is 6.07 Å². The Bertz CT molecular complexity index is 1630. The van der Waals surface area contributed by atoms with E-state index in [-0.39, 0.29) is 0 Å². The average molecular weight is 373 g/mol. The molecule has 135 valence electrons. The van der Waals surface area contributed by atoms with Gasteiger partial charge in [-0.15, -0.1) is 0 Å². The Labute approximate surface area is 165 Å². The van der Waals surface area contributed by atoms with Gasteiger partial charge in [0.05, 0.1) is 27.6 Å². The van der Waals surface area contributed by atoms with Crippen molar-refractivity contribution in [3.05, 3.63) is 95.3 Å². The van der Waals surface area contributed by atoms with Gasteiger partial charge in [-0.25, -0.2) is 14.8 Å². The van der Waals surface area contributed by atoms with Gasteiger partial charge in [-0.05, 0) is 29.7 Å². The van der Waals surface area contributed by atoms with Gasteiger partial charge in [0, 0.05) is 22.4 Å². The molecule has 0 atom stereocenters. The predicted molar refractivity (Wildman–Crippen MR) is 115 cm³/mol. The van der Waals surface area contributed by atoms with Crippen molar-refractivity contribution in [1.29, 1.82) is 0 Å². The first kappa shape index (κ1) is 16.0. The second-order valence-electron chi connectivity index (χ2n) is 6.94. The Balaban J connectivity index is 1.81. The Morgan fingerprint density at radius 3 is 2.31 bits per heavy atom. The molecule has 0 amide bonds. The summed E-state index contributed by atoms with van der Waals surface area (Å²) >= 11 is 0. The normalized spacial score (nSPS) is 11.6. The first-order valence-corrected chi connectivity index (χ1v) is 9.32. The zero-order chi connectivity index (χ0) is 19.4. The van der Waals surface area contributed by atoms with Crippen LogP contribution >= 0.6 is 0 Å². The first-order valence-electron chi connectivity index (χ1n) is 9.32. The van der Waals surface area contributed by atoms with Crippen LogP contribution in [0.1, 0.15) is 0 Å². The SMILES string of the molecule is O=c1oc2ccccc2cc1-c1[c]c2ccccc2c2nc3ccccc3nc12. The molecule has 4 nitrogen and oxygen atoms in total. The van der Waals surface area contributed by atoms with Crippen molar-refractivity contribution >= 4 is 43.8 Å². The lowest BCUT2D eigenvalue weighted by molar-refractivity contribution is 0.563. The molecule has 0 aliphatic rings. The Morgan fingerprint density at radius 2 is 1.45 bits per heavy atom. The van der Waals surface area contributed by atoms with Gasteiger partial charge in [-0.3, -0.25) is 0 Å². The van der Waals surface area contributed by atoms with Crippen molar-refractivity contribution in [2.75, 3.05) is 0 Å². The van der Waals surface area contributed by atoms with Crippen LogP contribution in [0.4, 0.5) is 0 Å². The van der Waals surface area contributed by atoms with E-state index in [9.17, 15) is 4.79 Å². The summed E-state index contributed by atoms with van der Waals surface area (Å²) in [6, 6.07) is 28.3. The van der Waals surface area contributed by atoms with Gasteiger partial charge in [0.1, 0.15) is 5.58 Å². The highest BCUT2D eigenvalue weighted by atomic mass is 16.4. The number of hydrogen-bond donors (Lipinski definition) is 0. The third-order valence-corrected chi connectivity index (χ3v) is 5.16. The van der Waals surface area contributed by atoms with Gasteiger partial charge < -0.3 is 4.42 Å². The highest BCUT2D eigenvalue weighted by molar-refractivity contribution is 6.11. The maximum Gasteiger partial charge on any atom is 0.344 e. The van der Waals surface area contributed by atoms with Crippen LogP contribution in [0, 0.1) is 6.07 Å². The molecule has 0 aliphatic heterocycles. The Morgan fingerprint density at radius 1 is 0.759 bits per heavy atom. The molecule has 1 radical (unpaired) electrons. The molecule has 2 heterocycles.